The van der Waals surface area contributed by atoms with Crippen LogP contribution < -0.4 is 5.32 Å². The van der Waals surface area contributed by atoms with Crippen molar-refractivity contribution in [3.05, 3.63) is 28.6 Å². The molecule has 2 N–H and O–H groups in total. The maximum Gasteiger partial charge on any atom is 0.133 e. The van der Waals surface area contributed by atoms with Gasteiger partial charge in [-0.2, -0.15) is 0 Å². The van der Waals surface area contributed by atoms with Gasteiger partial charge in [0.15, 0.2) is 0 Å². The molecule has 0 aliphatic rings. The lowest BCUT2D eigenvalue weighted by Crippen LogP contribution is -2.25. The van der Waals surface area contributed by atoms with Crippen LogP contribution in [0, 0.1) is 0 Å². The van der Waals surface area contributed by atoms with E-state index in [1.807, 2.05) is 12.3 Å². The Kier molecular flexibility index (Phi) is 4.67. The maximum atomic E-state index is 8.81. The highest BCUT2D eigenvalue weighted by Crippen LogP contribution is 2.28. The van der Waals surface area contributed by atoms with Crippen LogP contribution in [0.3, 0.4) is 0 Å². The van der Waals surface area contributed by atoms with Gasteiger partial charge < -0.3 is 10.4 Å². The monoisotopic (exact) mass is 268 g/mol. The van der Waals surface area contributed by atoms with Crippen LogP contribution in [0.2, 0.25) is 0 Å². The quantitative estimate of drug-likeness (QED) is 0.846. The van der Waals surface area contributed by atoms with Crippen LogP contribution in [-0.4, -0.2) is 22.7 Å². The van der Waals surface area contributed by atoms with E-state index in [1.54, 1.807) is 22.7 Å². The second-order valence-corrected chi connectivity index (χ2v) is 5.97. The van der Waals surface area contributed by atoms with Crippen molar-refractivity contribution < 1.29 is 5.11 Å². The third-order valence-electron chi connectivity index (χ3n) is 2.47. The number of nitrogens with one attached hydrogen (secondary N) is 1. The molecule has 0 unspecified atom stereocenters. The van der Waals surface area contributed by atoms with Crippen LogP contribution in [0.25, 0.3) is 9.88 Å². The Bertz CT molecular complexity index is 439. The molecule has 5 heteroatoms. The summed E-state index contributed by atoms with van der Waals surface area (Å²) in [6.45, 7) is 3.14. The Morgan fingerprint density at radius 2 is 2.41 bits per heavy atom. The molecule has 0 amide bonds. The van der Waals surface area contributed by atoms with Crippen LogP contribution in [0.4, 0.5) is 0 Å². The number of aliphatic hydroxyl groups is 1. The summed E-state index contributed by atoms with van der Waals surface area (Å²) in [7, 11) is 0. The Balaban J connectivity index is 1.91. The molecule has 17 heavy (non-hydrogen) atoms. The van der Waals surface area contributed by atoms with E-state index < -0.39 is 0 Å². The van der Waals surface area contributed by atoms with Gasteiger partial charge in [-0.05, 0) is 24.8 Å². The summed E-state index contributed by atoms with van der Waals surface area (Å²) in [5, 5.41) is 15.3. The number of aromatic nitrogens is 1. The van der Waals surface area contributed by atoms with Crippen molar-refractivity contribution in [2.24, 2.45) is 0 Å². The van der Waals surface area contributed by atoms with E-state index in [1.165, 1.54) is 9.75 Å². The van der Waals surface area contributed by atoms with Crippen LogP contribution in [0.15, 0.2) is 23.7 Å². The van der Waals surface area contributed by atoms with Gasteiger partial charge in [0.05, 0.1) is 4.88 Å². The Morgan fingerprint density at radius 1 is 1.53 bits per heavy atom. The second-order valence-electron chi connectivity index (χ2n) is 3.90. The van der Waals surface area contributed by atoms with Crippen molar-refractivity contribution >= 4 is 22.7 Å². The van der Waals surface area contributed by atoms with E-state index in [9.17, 15) is 0 Å². The first-order valence-electron chi connectivity index (χ1n) is 5.62. The first kappa shape index (κ1) is 12.7. The van der Waals surface area contributed by atoms with Crippen LogP contribution in [0.1, 0.15) is 18.2 Å². The zero-order valence-electron chi connectivity index (χ0n) is 9.72. The van der Waals surface area contributed by atoms with Crippen LogP contribution in [-0.2, 0) is 6.54 Å². The molecule has 3 nitrogen and oxygen atoms in total. The maximum absolute atomic E-state index is 8.81. The summed E-state index contributed by atoms with van der Waals surface area (Å²) in [6, 6.07) is 4.48. The highest BCUT2D eigenvalue weighted by Gasteiger charge is 2.06. The smallest absolute Gasteiger partial charge is 0.133 e. The molecule has 0 bridgehead atoms. The number of hydrogen-bond acceptors (Lipinski definition) is 5. The number of hydrogen-bond donors (Lipinski definition) is 2. The number of thiazole rings is 1. The standard InChI is InChI=1S/C12H16N2OS2/c1-9(4-5-15)13-7-10-8-14-12(17-10)11-3-2-6-16-11/h2-3,6,8-9,13,15H,4-5,7H2,1H3/t9-/m1/s1. The number of aliphatic hydroxyl groups excluding tert-OH is 1. The van der Waals surface area contributed by atoms with E-state index >= 15 is 0 Å². The minimum Gasteiger partial charge on any atom is -0.396 e. The average molecular weight is 268 g/mol. The molecular formula is C12H16N2OS2. The lowest BCUT2D eigenvalue weighted by Gasteiger charge is -2.10. The molecule has 2 aromatic heterocycles. The first-order valence-corrected chi connectivity index (χ1v) is 7.32. The lowest BCUT2D eigenvalue weighted by molar-refractivity contribution is 0.269. The molecule has 0 aromatic carbocycles. The highest BCUT2D eigenvalue weighted by molar-refractivity contribution is 7.20. The van der Waals surface area contributed by atoms with Crippen molar-refractivity contribution in [1.82, 2.24) is 10.3 Å². The van der Waals surface area contributed by atoms with Crippen LogP contribution in [0.5, 0.6) is 0 Å². The van der Waals surface area contributed by atoms with E-state index in [0.29, 0.717) is 6.04 Å². The van der Waals surface area contributed by atoms with E-state index in [0.717, 1.165) is 18.0 Å². The molecule has 0 aliphatic heterocycles. The molecule has 0 fully saturated rings. The fourth-order valence-electron chi connectivity index (χ4n) is 1.47. The highest BCUT2D eigenvalue weighted by atomic mass is 32.1. The van der Waals surface area contributed by atoms with Crippen molar-refractivity contribution in [2.75, 3.05) is 6.61 Å². The normalized spacial score (nSPS) is 12.8. The van der Waals surface area contributed by atoms with E-state index in [-0.39, 0.29) is 6.61 Å². The Hall–Kier alpha value is -0.750. The largest absolute Gasteiger partial charge is 0.396 e. The van der Waals surface area contributed by atoms with Gasteiger partial charge in [-0.15, -0.1) is 22.7 Å². The topological polar surface area (TPSA) is 45.1 Å². The molecule has 0 spiro atoms. The fourth-order valence-corrected chi connectivity index (χ4v) is 3.14. The van der Waals surface area contributed by atoms with Gasteiger partial charge in [0, 0.05) is 30.3 Å². The lowest BCUT2D eigenvalue weighted by atomic mass is 10.2. The molecule has 0 saturated carbocycles. The van der Waals surface area contributed by atoms with Gasteiger partial charge in [0.2, 0.25) is 0 Å². The molecule has 2 heterocycles. The molecule has 92 valence electrons. The summed E-state index contributed by atoms with van der Waals surface area (Å²) in [5.74, 6) is 0. The van der Waals surface area contributed by atoms with Gasteiger partial charge in [0.1, 0.15) is 5.01 Å². The van der Waals surface area contributed by atoms with Gasteiger partial charge >= 0.3 is 0 Å². The van der Waals surface area contributed by atoms with Crippen molar-refractivity contribution in [3.8, 4) is 9.88 Å². The summed E-state index contributed by atoms with van der Waals surface area (Å²) in [5.41, 5.74) is 0. The number of nitrogens with zero attached hydrogens (tertiary/aromatic N) is 1. The zero-order chi connectivity index (χ0) is 12.1. The minimum atomic E-state index is 0.233. The first-order chi connectivity index (χ1) is 8.29. The van der Waals surface area contributed by atoms with E-state index in [2.05, 4.69) is 28.7 Å². The molecule has 1 atom stereocenters. The van der Waals surface area contributed by atoms with Crippen LogP contribution >= 0.6 is 22.7 Å². The summed E-state index contributed by atoms with van der Waals surface area (Å²) < 4.78 is 0. The third kappa shape index (κ3) is 3.61. The Labute approximate surface area is 109 Å². The number of thiophene rings is 1. The van der Waals surface area contributed by atoms with Crippen molar-refractivity contribution in [1.29, 1.82) is 0 Å². The molecule has 2 rings (SSSR count). The molecule has 0 aliphatic carbocycles. The SMILES string of the molecule is C[C@H](CCO)NCc1cnc(-c2cccs2)s1. The Morgan fingerprint density at radius 3 is 3.12 bits per heavy atom. The molecule has 2 aromatic rings. The number of rotatable bonds is 6. The molecule has 0 radical (unpaired) electrons. The zero-order valence-corrected chi connectivity index (χ0v) is 11.4. The predicted molar refractivity (Wildman–Crippen MR) is 73.4 cm³/mol. The molecular weight excluding hydrogens is 252 g/mol. The summed E-state index contributed by atoms with van der Waals surface area (Å²) >= 11 is 3.44. The summed E-state index contributed by atoms with van der Waals surface area (Å²) in [6.07, 6.45) is 2.72. The molecule has 0 saturated heterocycles. The van der Waals surface area contributed by atoms with E-state index in [4.69, 9.17) is 5.11 Å². The van der Waals surface area contributed by atoms with Crippen molar-refractivity contribution in [3.63, 3.8) is 0 Å². The van der Waals surface area contributed by atoms with Crippen molar-refractivity contribution in [2.45, 2.75) is 25.9 Å². The van der Waals surface area contributed by atoms with Gasteiger partial charge in [0.25, 0.3) is 0 Å². The predicted octanol–water partition coefficient (Wildman–Crippen LogP) is 2.73. The van der Waals surface area contributed by atoms with Gasteiger partial charge in [-0.1, -0.05) is 6.07 Å². The van der Waals surface area contributed by atoms with Gasteiger partial charge in [-0.3, -0.25) is 0 Å². The summed E-state index contributed by atoms with van der Waals surface area (Å²) in [4.78, 5) is 6.88. The van der Waals surface area contributed by atoms with Gasteiger partial charge in [-0.25, -0.2) is 4.98 Å². The third-order valence-corrected chi connectivity index (χ3v) is 4.51. The minimum absolute atomic E-state index is 0.233. The average Bonchev–Trinajstić information content (AvgIpc) is 2.97. The second kappa shape index (κ2) is 6.26. The fraction of sp³-hybridized carbons (Fsp3) is 0.417.